The third-order valence-corrected chi connectivity index (χ3v) is 2.11. The molecule has 0 N–H and O–H groups in total. The number of hydrogen-bond donors (Lipinski definition) is 0. The Morgan fingerprint density at radius 2 is 2.08 bits per heavy atom. The topological polar surface area (TPSA) is 12.9 Å². The smallest absolute Gasteiger partial charge is 0.0842 e. The molecule has 1 aromatic heterocycles. The van der Waals surface area contributed by atoms with Crippen LogP contribution in [-0.4, -0.2) is 4.98 Å². The number of rotatable bonds is 1. The van der Waals surface area contributed by atoms with E-state index in [2.05, 4.69) is 11.6 Å². The molecule has 0 fully saturated rings. The molecule has 12 heavy (non-hydrogen) atoms. The molecule has 0 bridgehead atoms. The number of aromatic nitrogens is 1. The summed E-state index contributed by atoms with van der Waals surface area (Å²) in [5.41, 5.74) is 3.84. The van der Waals surface area contributed by atoms with Gasteiger partial charge in [0.15, 0.2) is 0 Å². The summed E-state index contributed by atoms with van der Waals surface area (Å²) >= 11 is 5.97. The lowest BCUT2D eigenvalue weighted by molar-refractivity contribution is 1.12. The van der Waals surface area contributed by atoms with Crippen LogP contribution >= 0.6 is 11.6 Å². The normalized spacial score (nSPS) is 10.0. The third-order valence-electron chi connectivity index (χ3n) is 1.82. The van der Waals surface area contributed by atoms with E-state index in [9.17, 15) is 0 Å². The van der Waals surface area contributed by atoms with Gasteiger partial charge < -0.3 is 0 Å². The molecule has 1 heterocycles. The van der Waals surface area contributed by atoms with Crippen LogP contribution in [0.2, 0.25) is 5.02 Å². The summed E-state index contributed by atoms with van der Waals surface area (Å²) in [5, 5.41) is 0.686. The fourth-order valence-corrected chi connectivity index (χ4v) is 1.34. The van der Waals surface area contributed by atoms with Gasteiger partial charge in [0.25, 0.3) is 0 Å². The van der Waals surface area contributed by atoms with E-state index in [1.54, 1.807) is 0 Å². The molecule has 0 aliphatic heterocycles. The molecule has 2 heteroatoms. The minimum Gasteiger partial charge on any atom is -0.252 e. The van der Waals surface area contributed by atoms with Crippen LogP contribution in [0.3, 0.4) is 0 Å². The molecule has 0 aliphatic carbocycles. The quantitative estimate of drug-likeness (QED) is 0.647. The highest BCUT2D eigenvalue weighted by molar-refractivity contribution is 6.32. The van der Waals surface area contributed by atoms with E-state index in [1.807, 2.05) is 26.8 Å². The van der Waals surface area contributed by atoms with Gasteiger partial charge in [0, 0.05) is 5.69 Å². The maximum absolute atomic E-state index is 5.97. The summed E-state index contributed by atoms with van der Waals surface area (Å²) in [7, 11) is 0. The number of allylic oxidation sites excluding steroid dienone is 1. The predicted octanol–water partition coefficient (Wildman–Crippen LogP) is 3.38. The molecule has 0 aliphatic rings. The lowest BCUT2D eigenvalue weighted by atomic mass is 10.1. The van der Waals surface area contributed by atoms with Crippen molar-refractivity contribution in [2.24, 2.45) is 0 Å². The van der Waals surface area contributed by atoms with Crippen LogP contribution in [0.4, 0.5) is 0 Å². The van der Waals surface area contributed by atoms with Gasteiger partial charge in [-0.3, -0.25) is 4.98 Å². The van der Waals surface area contributed by atoms with Crippen molar-refractivity contribution >= 4 is 17.2 Å². The summed E-state index contributed by atoms with van der Waals surface area (Å²) in [6, 6.07) is 1.92. The summed E-state index contributed by atoms with van der Waals surface area (Å²) in [6.45, 7) is 9.68. The van der Waals surface area contributed by atoms with Crippen molar-refractivity contribution < 1.29 is 0 Å². The van der Waals surface area contributed by atoms with Gasteiger partial charge in [0.05, 0.1) is 10.7 Å². The van der Waals surface area contributed by atoms with Crippen LogP contribution in [0.5, 0.6) is 0 Å². The maximum Gasteiger partial charge on any atom is 0.0842 e. The Balaban J connectivity index is 3.33. The second kappa shape index (κ2) is 3.28. The SMILES string of the molecule is C=C(C)c1nc(C)c(C)cc1Cl. The molecule has 1 nitrogen and oxygen atoms in total. The molecule has 0 saturated heterocycles. The summed E-state index contributed by atoms with van der Waals surface area (Å²) < 4.78 is 0. The molecule has 0 atom stereocenters. The molecule has 64 valence electrons. The zero-order valence-electron chi connectivity index (χ0n) is 7.61. The van der Waals surface area contributed by atoms with E-state index in [-0.39, 0.29) is 0 Å². The van der Waals surface area contributed by atoms with Gasteiger partial charge in [0.2, 0.25) is 0 Å². The van der Waals surface area contributed by atoms with Crippen LogP contribution in [0.25, 0.3) is 5.57 Å². The number of hydrogen-bond acceptors (Lipinski definition) is 1. The Morgan fingerprint density at radius 3 is 2.58 bits per heavy atom. The zero-order chi connectivity index (χ0) is 9.30. The van der Waals surface area contributed by atoms with Crippen molar-refractivity contribution in [1.82, 2.24) is 4.98 Å². The van der Waals surface area contributed by atoms with E-state index in [0.29, 0.717) is 5.02 Å². The Morgan fingerprint density at radius 1 is 1.50 bits per heavy atom. The highest BCUT2D eigenvalue weighted by atomic mass is 35.5. The molecule has 1 rings (SSSR count). The number of pyridine rings is 1. The van der Waals surface area contributed by atoms with Gasteiger partial charge in [-0.05, 0) is 38.0 Å². The average Bonchev–Trinajstić information content (AvgIpc) is 1.96. The molecular formula is C10H12ClN. The van der Waals surface area contributed by atoms with Crippen LogP contribution < -0.4 is 0 Å². The lowest BCUT2D eigenvalue weighted by Crippen LogP contribution is -1.93. The Kier molecular flexibility index (Phi) is 2.53. The van der Waals surface area contributed by atoms with E-state index in [1.165, 1.54) is 0 Å². The van der Waals surface area contributed by atoms with Crippen LogP contribution in [0.1, 0.15) is 23.9 Å². The fourth-order valence-electron chi connectivity index (χ4n) is 0.971. The second-order valence-electron chi connectivity index (χ2n) is 3.00. The first kappa shape index (κ1) is 9.27. The molecule has 1 aromatic rings. The predicted molar refractivity (Wildman–Crippen MR) is 53.4 cm³/mol. The van der Waals surface area contributed by atoms with Crippen molar-refractivity contribution in [2.45, 2.75) is 20.8 Å². The van der Waals surface area contributed by atoms with Crippen molar-refractivity contribution in [1.29, 1.82) is 0 Å². The maximum atomic E-state index is 5.97. The van der Waals surface area contributed by atoms with Crippen LogP contribution in [-0.2, 0) is 0 Å². The highest BCUT2D eigenvalue weighted by Crippen LogP contribution is 2.22. The van der Waals surface area contributed by atoms with E-state index in [4.69, 9.17) is 11.6 Å². The van der Waals surface area contributed by atoms with Gasteiger partial charge in [-0.25, -0.2) is 0 Å². The first-order valence-corrected chi connectivity index (χ1v) is 4.20. The van der Waals surface area contributed by atoms with Gasteiger partial charge >= 0.3 is 0 Å². The third kappa shape index (κ3) is 1.67. The minimum atomic E-state index is 0.686. The van der Waals surface area contributed by atoms with Gasteiger partial charge in [0.1, 0.15) is 0 Å². The molecule has 0 amide bonds. The van der Waals surface area contributed by atoms with Gasteiger partial charge in [-0.15, -0.1) is 0 Å². The average molecular weight is 182 g/mol. The van der Waals surface area contributed by atoms with Crippen LogP contribution in [0.15, 0.2) is 12.6 Å². The van der Waals surface area contributed by atoms with E-state index < -0.39 is 0 Å². The minimum absolute atomic E-state index is 0.686. The molecule has 0 saturated carbocycles. The molecular weight excluding hydrogens is 170 g/mol. The fraction of sp³-hybridized carbons (Fsp3) is 0.300. The van der Waals surface area contributed by atoms with Gasteiger partial charge in [-0.1, -0.05) is 18.2 Å². The Labute approximate surface area is 78.1 Å². The van der Waals surface area contributed by atoms with Gasteiger partial charge in [-0.2, -0.15) is 0 Å². The standard InChI is InChI=1S/C10H12ClN/c1-6(2)10-9(11)5-7(3)8(4)12-10/h5H,1H2,2-4H3. The Bertz CT molecular complexity index is 329. The molecule has 0 unspecified atom stereocenters. The lowest BCUT2D eigenvalue weighted by Gasteiger charge is -2.05. The van der Waals surface area contributed by atoms with Crippen molar-refractivity contribution in [3.8, 4) is 0 Å². The summed E-state index contributed by atoms with van der Waals surface area (Å²) in [4.78, 5) is 4.34. The molecule has 0 aromatic carbocycles. The first-order chi connectivity index (χ1) is 5.52. The Hall–Kier alpha value is -0.820. The monoisotopic (exact) mass is 181 g/mol. The number of halogens is 1. The van der Waals surface area contributed by atoms with Crippen molar-refractivity contribution in [2.75, 3.05) is 0 Å². The first-order valence-electron chi connectivity index (χ1n) is 3.82. The molecule has 0 radical (unpaired) electrons. The van der Waals surface area contributed by atoms with E-state index >= 15 is 0 Å². The zero-order valence-corrected chi connectivity index (χ0v) is 8.37. The summed E-state index contributed by atoms with van der Waals surface area (Å²) in [6.07, 6.45) is 0. The highest BCUT2D eigenvalue weighted by Gasteiger charge is 2.04. The number of nitrogens with zero attached hydrogens (tertiary/aromatic N) is 1. The van der Waals surface area contributed by atoms with Crippen LogP contribution in [0, 0.1) is 13.8 Å². The van der Waals surface area contributed by atoms with E-state index in [0.717, 1.165) is 22.5 Å². The number of aryl methyl sites for hydroxylation is 2. The van der Waals surface area contributed by atoms with Crippen molar-refractivity contribution in [3.05, 3.63) is 34.6 Å². The van der Waals surface area contributed by atoms with Crippen molar-refractivity contribution in [3.63, 3.8) is 0 Å². The largest absolute Gasteiger partial charge is 0.252 e. The molecule has 0 spiro atoms. The second-order valence-corrected chi connectivity index (χ2v) is 3.41. The summed E-state index contributed by atoms with van der Waals surface area (Å²) in [5.74, 6) is 0.